The summed E-state index contributed by atoms with van der Waals surface area (Å²) in [4.78, 5) is 59.1. The van der Waals surface area contributed by atoms with Crippen LogP contribution in [0.5, 0.6) is 23.0 Å². The first-order chi connectivity index (χ1) is 15.6. The summed E-state index contributed by atoms with van der Waals surface area (Å²) in [5.74, 6) is -3.56. The van der Waals surface area contributed by atoms with Gasteiger partial charge in [0.2, 0.25) is 5.75 Å². The van der Waals surface area contributed by atoms with Gasteiger partial charge in [-0.3, -0.25) is 24.0 Å². The zero-order chi connectivity index (χ0) is 24.3. The number of rotatable bonds is 5. The molecule has 3 aromatic rings. The highest BCUT2D eigenvalue weighted by Crippen LogP contribution is 2.41. The molecule has 0 saturated heterocycles. The molecule has 33 heavy (non-hydrogen) atoms. The molecule has 10 nitrogen and oxygen atoms in total. The van der Waals surface area contributed by atoms with E-state index in [0.29, 0.717) is 0 Å². The van der Waals surface area contributed by atoms with Gasteiger partial charge in [0, 0.05) is 33.8 Å². The third kappa shape index (κ3) is 5.24. The highest BCUT2D eigenvalue weighted by atomic mass is 16.6. The van der Waals surface area contributed by atoms with Crippen LogP contribution in [0, 0.1) is 0 Å². The minimum Gasteiger partial charge on any atom is -0.452 e. The van der Waals surface area contributed by atoms with E-state index in [0.717, 1.165) is 26.8 Å². The Morgan fingerprint density at radius 3 is 1.82 bits per heavy atom. The first-order valence-corrected chi connectivity index (χ1v) is 9.54. The molecule has 0 amide bonds. The third-order valence-corrected chi connectivity index (χ3v) is 4.06. The van der Waals surface area contributed by atoms with Crippen LogP contribution in [0.2, 0.25) is 0 Å². The van der Waals surface area contributed by atoms with E-state index >= 15 is 0 Å². The molecule has 0 unspecified atom stereocenters. The van der Waals surface area contributed by atoms with E-state index in [2.05, 4.69) is 0 Å². The number of ether oxygens (including phenoxy) is 4. The van der Waals surface area contributed by atoms with Crippen molar-refractivity contribution in [2.24, 2.45) is 0 Å². The highest BCUT2D eigenvalue weighted by molar-refractivity contribution is 5.90. The maximum absolute atomic E-state index is 12.8. The van der Waals surface area contributed by atoms with Gasteiger partial charge in [0.05, 0.1) is 10.9 Å². The Bertz CT molecular complexity index is 1350. The van der Waals surface area contributed by atoms with E-state index in [1.165, 1.54) is 37.3 Å². The van der Waals surface area contributed by atoms with Crippen molar-refractivity contribution in [3.63, 3.8) is 0 Å². The second-order valence-electron chi connectivity index (χ2n) is 6.75. The molecule has 0 aliphatic carbocycles. The molecular weight excluding hydrogens is 436 g/mol. The van der Waals surface area contributed by atoms with Crippen molar-refractivity contribution in [2.75, 3.05) is 0 Å². The van der Waals surface area contributed by atoms with Crippen LogP contribution in [0.1, 0.15) is 27.7 Å². The highest BCUT2D eigenvalue weighted by Gasteiger charge is 2.23. The average molecular weight is 454 g/mol. The lowest BCUT2D eigenvalue weighted by molar-refractivity contribution is -0.134. The molecule has 0 radical (unpaired) electrons. The van der Waals surface area contributed by atoms with Crippen molar-refractivity contribution in [3.8, 4) is 34.3 Å². The Hall–Kier alpha value is -4.47. The number of esters is 4. The normalized spacial score (nSPS) is 10.4. The zero-order valence-corrected chi connectivity index (χ0v) is 18.0. The number of para-hydroxylation sites is 1. The van der Waals surface area contributed by atoms with Gasteiger partial charge in [-0.2, -0.15) is 0 Å². The second kappa shape index (κ2) is 9.35. The summed E-state index contributed by atoms with van der Waals surface area (Å²) in [6.07, 6.45) is 0. The molecule has 2 aromatic carbocycles. The van der Waals surface area contributed by atoms with E-state index in [-0.39, 0.29) is 45.3 Å². The molecule has 0 aliphatic rings. The van der Waals surface area contributed by atoms with Crippen LogP contribution in [0.3, 0.4) is 0 Å². The Morgan fingerprint density at radius 2 is 1.24 bits per heavy atom. The standard InChI is InChI=1S/C23H18O10/c1-11(24)29-18-7-5-6-16(21(18)31-13(3)26)20-10-17(28)15-8-9-19(30-12(2)25)23(22(15)33-20)32-14(4)27/h5-10H,1-4H3. The van der Waals surface area contributed by atoms with E-state index in [1.807, 2.05) is 0 Å². The third-order valence-electron chi connectivity index (χ3n) is 4.06. The smallest absolute Gasteiger partial charge is 0.308 e. The summed E-state index contributed by atoms with van der Waals surface area (Å²) < 4.78 is 26.4. The first-order valence-electron chi connectivity index (χ1n) is 9.54. The second-order valence-corrected chi connectivity index (χ2v) is 6.75. The van der Waals surface area contributed by atoms with Crippen molar-refractivity contribution in [1.29, 1.82) is 0 Å². The Balaban J connectivity index is 2.33. The molecule has 0 saturated carbocycles. The van der Waals surface area contributed by atoms with Crippen LogP contribution in [-0.4, -0.2) is 23.9 Å². The maximum Gasteiger partial charge on any atom is 0.308 e. The fraction of sp³-hybridized carbons (Fsp3) is 0.174. The average Bonchev–Trinajstić information content (AvgIpc) is 2.69. The molecule has 0 atom stereocenters. The van der Waals surface area contributed by atoms with Gasteiger partial charge in [-0.15, -0.1) is 0 Å². The molecule has 1 aromatic heterocycles. The van der Waals surface area contributed by atoms with Gasteiger partial charge in [0.15, 0.2) is 28.3 Å². The number of carbonyl (C=O) groups is 4. The van der Waals surface area contributed by atoms with Gasteiger partial charge in [-0.05, 0) is 24.3 Å². The lowest BCUT2D eigenvalue weighted by Crippen LogP contribution is -2.10. The fourth-order valence-corrected chi connectivity index (χ4v) is 2.98. The van der Waals surface area contributed by atoms with Crippen LogP contribution < -0.4 is 24.4 Å². The molecule has 10 heteroatoms. The summed E-state index contributed by atoms with van der Waals surface area (Å²) >= 11 is 0. The molecule has 0 bridgehead atoms. The Labute approximate surface area is 186 Å². The predicted octanol–water partition coefficient (Wildman–Crippen LogP) is 3.16. The first kappa shape index (κ1) is 23.2. The van der Waals surface area contributed by atoms with Gasteiger partial charge in [0.25, 0.3) is 0 Å². The SMILES string of the molecule is CC(=O)Oc1cccc(-c2cc(=O)c3ccc(OC(C)=O)c(OC(C)=O)c3o2)c1OC(C)=O. The van der Waals surface area contributed by atoms with Gasteiger partial charge < -0.3 is 23.4 Å². The van der Waals surface area contributed by atoms with Crippen molar-refractivity contribution in [3.05, 3.63) is 46.6 Å². The molecule has 0 N–H and O–H groups in total. The molecule has 3 rings (SSSR count). The Morgan fingerprint density at radius 1 is 0.697 bits per heavy atom. The van der Waals surface area contributed by atoms with Gasteiger partial charge in [-0.25, -0.2) is 0 Å². The van der Waals surface area contributed by atoms with Crippen molar-refractivity contribution < 1.29 is 42.5 Å². The molecule has 1 heterocycles. The lowest BCUT2D eigenvalue weighted by atomic mass is 10.1. The van der Waals surface area contributed by atoms with E-state index in [4.69, 9.17) is 23.4 Å². The molecule has 0 spiro atoms. The van der Waals surface area contributed by atoms with Crippen LogP contribution >= 0.6 is 0 Å². The maximum atomic E-state index is 12.8. The zero-order valence-electron chi connectivity index (χ0n) is 18.0. The van der Waals surface area contributed by atoms with E-state index in [9.17, 15) is 24.0 Å². The number of benzene rings is 2. The minimum absolute atomic E-state index is 0.0380. The molecule has 0 fully saturated rings. The Kier molecular flexibility index (Phi) is 6.57. The molecule has 0 aliphatic heterocycles. The fourth-order valence-electron chi connectivity index (χ4n) is 2.98. The van der Waals surface area contributed by atoms with Crippen molar-refractivity contribution in [1.82, 2.24) is 0 Å². The largest absolute Gasteiger partial charge is 0.452 e. The van der Waals surface area contributed by atoms with Crippen LogP contribution in [-0.2, 0) is 19.2 Å². The quantitative estimate of drug-likeness (QED) is 0.418. The minimum atomic E-state index is -0.749. The predicted molar refractivity (Wildman–Crippen MR) is 113 cm³/mol. The summed E-state index contributed by atoms with van der Waals surface area (Å²) in [5.41, 5.74) is -0.603. The number of fused-ring (bicyclic) bond motifs is 1. The lowest BCUT2D eigenvalue weighted by Gasteiger charge is -2.14. The van der Waals surface area contributed by atoms with Gasteiger partial charge in [-0.1, -0.05) is 6.07 Å². The number of hydrogen-bond acceptors (Lipinski definition) is 10. The van der Waals surface area contributed by atoms with Crippen LogP contribution in [0.15, 0.2) is 45.6 Å². The number of carbonyl (C=O) groups excluding carboxylic acids is 4. The molecule has 170 valence electrons. The van der Waals surface area contributed by atoms with Gasteiger partial charge >= 0.3 is 23.9 Å². The molecular formula is C23H18O10. The van der Waals surface area contributed by atoms with Gasteiger partial charge in [0.1, 0.15) is 5.76 Å². The summed E-state index contributed by atoms with van der Waals surface area (Å²) in [6, 6.07) is 8.13. The topological polar surface area (TPSA) is 135 Å². The van der Waals surface area contributed by atoms with E-state index in [1.54, 1.807) is 0 Å². The van der Waals surface area contributed by atoms with Crippen molar-refractivity contribution >= 4 is 34.8 Å². The monoisotopic (exact) mass is 454 g/mol. The summed E-state index contributed by atoms with van der Waals surface area (Å²) in [7, 11) is 0. The van der Waals surface area contributed by atoms with Crippen molar-refractivity contribution in [2.45, 2.75) is 27.7 Å². The van der Waals surface area contributed by atoms with E-state index < -0.39 is 29.3 Å². The summed E-state index contributed by atoms with van der Waals surface area (Å²) in [6.45, 7) is 4.59. The van der Waals surface area contributed by atoms with Crippen LogP contribution in [0.25, 0.3) is 22.3 Å². The van der Waals surface area contributed by atoms with Crippen LogP contribution in [0.4, 0.5) is 0 Å². The summed E-state index contributed by atoms with van der Waals surface area (Å²) in [5, 5.41) is 0.0380. The number of hydrogen-bond donors (Lipinski definition) is 0.